The molecule has 0 radical (unpaired) electrons. The van der Waals surface area contributed by atoms with E-state index in [9.17, 15) is 0 Å². The van der Waals surface area contributed by atoms with E-state index in [1.807, 2.05) is 7.05 Å². The lowest BCUT2D eigenvalue weighted by Gasteiger charge is -2.11. The molecule has 1 saturated heterocycles. The van der Waals surface area contributed by atoms with Gasteiger partial charge in [-0.1, -0.05) is 0 Å². The molecule has 0 bridgehead atoms. The summed E-state index contributed by atoms with van der Waals surface area (Å²) in [6.07, 6.45) is 0. The van der Waals surface area contributed by atoms with Crippen molar-refractivity contribution in [3.63, 3.8) is 0 Å². The van der Waals surface area contributed by atoms with E-state index in [-0.39, 0.29) is 5.60 Å². The summed E-state index contributed by atoms with van der Waals surface area (Å²) in [6.45, 7) is 5.19. The fraction of sp³-hybridized carbons (Fsp3) is 1.00. The summed E-state index contributed by atoms with van der Waals surface area (Å²) in [6, 6.07) is 0. The predicted molar refractivity (Wildman–Crippen MR) is 35.4 cm³/mol. The number of nitrogens with zero attached hydrogens (tertiary/aromatic N) is 1. The van der Waals surface area contributed by atoms with Crippen LogP contribution in [0.1, 0.15) is 13.8 Å². The van der Waals surface area contributed by atoms with Crippen molar-refractivity contribution in [1.29, 1.82) is 0 Å². The molecule has 0 aliphatic carbocycles. The Morgan fingerprint density at radius 2 is 2.25 bits per heavy atom. The summed E-state index contributed by atoms with van der Waals surface area (Å²) < 4.78 is 7.38. The summed E-state index contributed by atoms with van der Waals surface area (Å²) in [5, 5.41) is 0. The number of likely N-dealkylation sites (N-methyl/N-ethyl adjacent to an activating group) is 1. The van der Waals surface area contributed by atoms with Crippen molar-refractivity contribution in [3.8, 4) is 0 Å². The average Bonchev–Trinajstić information content (AvgIpc) is 1.82. The molecule has 0 unspecified atom stereocenters. The Labute approximate surface area is 54.5 Å². The molecule has 48 valence electrons. The van der Waals surface area contributed by atoms with Gasteiger partial charge in [0.1, 0.15) is 0 Å². The van der Waals surface area contributed by atoms with Gasteiger partial charge in [0.15, 0.2) is 0 Å². The maximum absolute atomic E-state index is 5.30. The first-order chi connectivity index (χ1) is 3.60. The summed E-state index contributed by atoms with van der Waals surface area (Å²) in [4.78, 5) is 0. The Balaban J connectivity index is 2.44. The van der Waals surface area contributed by atoms with Gasteiger partial charge in [-0.15, -0.1) is 0 Å². The minimum atomic E-state index is 0.0550. The van der Waals surface area contributed by atoms with Gasteiger partial charge in [0, 0.05) is 6.54 Å². The summed E-state index contributed by atoms with van der Waals surface area (Å²) in [5.41, 5.74) is 0.0550. The molecule has 1 rings (SSSR count). The van der Waals surface area contributed by atoms with Gasteiger partial charge in [0.05, 0.1) is 17.8 Å². The highest BCUT2D eigenvalue weighted by Crippen LogP contribution is 2.29. The fourth-order valence-corrected chi connectivity index (χ4v) is 1.50. The zero-order chi connectivity index (χ0) is 6.20. The molecule has 2 nitrogen and oxygen atoms in total. The first-order valence-corrected chi connectivity index (χ1v) is 3.37. The maximum Gasteiger partial charge on any atom is 0.0924 e. The third-order valence-corrected chi connectivity index (χ3v) is 1.90. The lowest BCUT2D eigenvalue weighted by atomic mass is 10.1. The molecular weight excluding hydrogens is 122 g/mol. The Bertz CT molecular complexity index is 94.4. The fourth-order valence-electron chi connectivity index (χ4n) is 0.753. The molecule has 0 aromatic rings. The molecule has 0 spiro atoms. The van der Waals surface area contributed by atoms with Crippen molar-refractivity contribution in [2.75, 3.05) is 13.6 Å². The molecule has 1 aliphatic rings. The Hall–Kier alpha value is 0.270. The van der Waals surface area contributed by atoms with Crippen molar-refractivity contribution in [2.45, 2.75) is 19.4 Å². The molecule has 0 saturated carbocycles. The van der Waals surface area contributed by atoms with Crippen LogP contribution in [0.3, 0.4) is 0 Å². The molecular formula is C5H11NOS. The smallest absolute Gasteiger partial charge is 0.0924 e. The molecule has 0 N–H and O–H groups in total. The molecule has 0 aromatic carbocycles. The average molecular weight is 133 g/mol. The van der Waals surface area contributed by atoms with E-state index < -0.39 is 0 Å². The van der Waals surface area contributed by atoms with Gasteiger partial charge in [0.25, 0.3) is 0 Å². The second-order valence-corrected chi connectivity index (χ2v) is 3.64. The SMILES string of the molecule is CN1CC(C)(C)OS1. The lowest BCUT2D eigenvalue weighted by Crippen LogP contribution is -2.24. The van der Waals surface area contributed by atoms with Gasteiger partial charge >= 0.3 is 0 Å². The van der Waals surface area contributed by atoms with Crippen LogP contribution in [0.2, 0.25) is 0 Å². The van der Waals surface area contributed by atoms with Crippen LogP contribution in [0.25, 0.3) is 0 Å². The van der Waals surface area contributed by atoms with Crippen molar-refractivity contribution in [1.82, 2.24) is 4.31 Å². The Morgan fingerprint density at radius 3 is 2.38 bits per heavy atom. The van der Waals surface area contributed by atoms with E-state index in [1.165, 1.54) is 12.2 Å². The quantitative estimate of drug-likeness (QED) is 0.365. The lowest BCUT2D eigenvalue weighted by molar-refractivity contribution is 0.163. The molecule has 0 amide bonds. The van der Waals surface area contributed by atoms with E-state index in [0.717, 1.165) is 6.54 Å². The van der Waals surface area contributed by atoms with Gasteiger partial charge in [-0.3, -0.25) is 4.18 Å². The third kappa shape index (κ3) is 1.37. The Morgan fingerprint density at radius 1 is 1.62 bits per heavy atom. The molecule has 1 heterocycles. The zero-order valence-electron chi connectivity index (χ0n) is 5.47. The number of rotatable bonds is 0. The minimum absolute atomic E-state index is 0.0550. The van der Waals surface area contributed by atoms with Gasteiger partial charge < -0.3 is 0 Å². The minimum Gasteiger partial charge on any atom is -0.294 e. The topological polar surface area (TPSA) is 12.5 Å². The van der Waals surface area contributed by atoms with E-state index >= 15 is 0 Å². The standard InChI is InChI=1S/C5H11NOS/c1-5(2)4-6(3)8-7-5/h4H2,1-3H3. The molecule has 0 atom stereocenters. The van der Waals surface area contributed by atoms with Crippen molar-refractivity contribution in [3.05, 3.63) is 0 Å². The summed E-state index contributed by atoms with van der Waals surface area (Å²) >= 11 is 1.44. The second kappa shape index (κ2) is 1.90. The third-order valence-electron chi connectivity index (χ3n) is 0.994. The van der Waals surface area contributed by atoms with Crippen LogP contribution >= 0.6 is 12.2 Å². The first kappa shape index (κ1) is 6.39. The van der Waals surface area contributed by atoms with Crippen LogP contribution in [0.5, 0.6) is 0 Å². The van der Waals surface area contributed by atoms with Gasteiger partial charge in [0.2, 0.25) is 0 Å². The maximum atomic E-state index is 5.30. The number of hydrogen-bond acceptors (Lipinski definition) is 3. The molecule has 0 aromatic heterocycles. The summed E-state index contributed by atoms with van der Waals surface area (Å²) in [7, 11) is 2.03. The highest BCUT2D eigenvalue weighted by atomic mass is 32.2. The highest BCUT2D eigenvalue weighted by Gasteiger charge is 2.29. The predicted octanol–water partition coefficient (Wildman–Crippen LogP) is 1.29. The summed E-state index contributed by atoms with van der Waals surface area (Å²) in [5.74, 6) is 0. The van der Waals surface area contributed by atoms with Crippen LogP contribution in [-0.2, 0) is 4.18 Å². The first-order valence-electron chi connectivity index (χ1n) is 2.67. The molecule has 1 fully saturated rings. The normalized spacial score (nSPS) is 28.9. The van der Waals surface area contributed by atoms with Crippen LogP contribution in [0.4, 0.5) is 0 Å². The van der Waals surface area contributed by atoms with Crippen LogP contribution in [-0.4, -0.2) is 23.5 Å². The number of hydrogen-bond donors (Lipinski definition) is 0. The van der Waals surface area contributed by atoms with Crippen molar-refractivity contribution < 1.29 is 4.18 Å². The van der Waals surface area contributed by atoms with Crippen LogP contribution in [0, 0.1) is 0 Å². The van der Waals surface area contributed by atoms with E-state index in [0.29, 0.717) is 0 Å². The molecule has 8 heavy (non-hydrogen) atoms. The second-order valence-electron chi connectivity index (χ2n) is 2.70. The zero-order valence-corrected chi connectivity index (χ0v) is 6.29. The Kier molecular flexibility index (Phi) is 1.52. The highest BCUT2D eigenvalue weighted by molar-refractivity contribution is 7.92. The van der Waals surface area contributed by atoms with Gasteiger partial charge in [-0.25, -0.2) is 4.31 Å². The van der Waals surface area contributed by atoms with Crippen LogP contribution < -0.4 is 0 Å². The molecule has 1 aliphatic heterocycles. The van der Waals surface area contributed by atoms with E-state index in [4.69, 9.17) is 4.18 Å². The van der Waals surface area contributed by atoms with E-state index in [2.05, 4.69) is 18.2 Å². The van der Waals surface area contributed by atoms with Crippen molar-refractivity contribution in [2.24, 2.45) is 0 Å². The largest absolute Gasteiger partial charge is 0.294 e. The van der Waals surface area contributed by atoms with Gasteiger partial charge in [-0.2, -0.15) is 0 Å². The monoisotopic (exact) mass is 133 g/mol. The van der Waals surface area contributed by atoms with Crippen molar-refractivity contribution >= 4 is 12.2 Å². The van der Waals surface area contributed by atoms with E-state index in [1.54, 1.807) is 0 Å². The molecule has 3 heteroatoms. The van der Waals surface area contributed by atoms with Crippen LogP contribution in [0.15, 0.2) is 0 Å². The van der Waals surface area contributed by atoms with Gasteiger partial charge in [-0.05, 0) is 20.9 Å².